The van der Waals surface area contributed by atoms with Gasteiger partial charge in [0.1, 0.15) is 23.7 Å². The molecule has 2 aromatic rings. The molecule has 0 spiro atoms. The Morgan fingerprint density at radius 1 is 1.10 bits per heavy atom. The lowest BCUT2D eigenvalue weighted by Gasteiger charge is -2.28. The number of hydrogen-bond donors (Lipinski definition) is 0. The second-order valence-corrected chi connectivity index (χ2v) is 6.09. The molecule has 108 valence electrons. The van der Waals surface area contributed by atoms with Crippen LogP contribution in [0.4, 0.5) is 0 Å². The molecule has 3 rings (SSSR count). The molecule has 0 atom stereocenters. The van der Waals surface area contributed by atoms with Gasteiger partial charge in [-0.25, -0.2) is 0 Å². The average Bonchev–Trinajstić information content (AvgIpc) is 2.45. The van der Waals surface area contributed by atoms with Gasteiger partial charge in [0.05, 0.1) is 0 Å². The third-order valence-corrected chi connectivity index (χ3v) is 3.59. The van der Waals surface area contributed by atoms with E-state index in [-0.39, 0.29) is 5.60 Å². The van der Waals surface area contributed by atoms with Crippen molar-refractivity contribution in [2.75, 3.05) is 0 Å². The van der Waals surface area contributed by atoms with Gasteiger partial charge in [-0.05, 0) is 49.8 Å². The maximum Gasteiger partial charge on any atom is 0.131 e. The summed E-state index contributed by atoms with van der Waals surface area (Å²) in [6.45, 7) is 4.58. The Bertz CT molecular complexity index is 672. The van der Waals surface area contributed by atoms with E-state index in [0.717, 1.165) is 27.6 Å². The molecular weight excluding hydrogens is 284 g/mol. The molecule has 0 bridgehead atoms. The van der Waals surface area contributed by atoms with Crippen molar-refractivity contribution < 1.29 is 9.47 Å². The number of halogens is 1. The van der Waals surface area contributed by atoms with Crippen LogP contribution in [-0.4, -0.2) is 5.60 Å². The molecule has 2 nitrogen and oxygen atoms in total. The van der Waals surface area contributed by atoms with E-state index in [1.54, 1.807) is 0 Å². The van der Waals surface area contributed by atoms with E-state index >= 15 is 0 Å². The number of ether oxygens (including phenoxy) is 2. The number of hydrogen-bond acceptors (Lipinski definition) is 2. The highest BCUT2D eigenvalue weighted by Crippen LogP contribution is 2.33. The minimum atomic E-state index is -0.276. The zero-order valence-corrected chi connectivity index (χ0v) is 12.9. The highest BCUT2D eigenvalue weighted by molar-refractivity contribution is 6.30. The summed E-state index contributed by atoms with van der Waals surface area (Å²) >= 11 is 5.87. The molecule has 0 N–H and O–H groups in total. The normalized spacial score (nSPS) is 15.2. The van der Waals surface area contributed by atoms with Crippen molar-refractivity contribution in [3.05, 3.63) is 64.7 Å². The zero-order chi connectivity index (χ0) is 14.9. The molecule has 21 heavy (non-hydrogen) atoms. The smallest absolute Gasteiger partial charge is 0.131 e. The maximum atomic E-state index is 5.94. The quantitative estimate of drug-likeness (QED) is 0.785. The fourth-order valence-corrected chi connectivity index (χ4v) is 2.31. The molecule has 0 saturated carbocycles. The fraction of sp³-hybridized carbons (Fsp3) is 0.222. The summed E-state index contributed by atoms with van der Waals surface area (Å²) in [5, 5.41) is 0.731. The largest absolute Gasteiger partial charge is 0.489 e. The Morgan fingerprint density at radius 3 is 2.62 bits per heavy atom. The Morgan fingerprint density at radius 2 is 1.86 bits per heavy atom. The lowest BCUT2D eigenvalue weighted by molar-refractivity contribution is 0.158. The van der Waals surface area contributed by atoms with Crippen LogP contribution in [0.5, 0.6) is 11.5 Å². The van der Waals surface area contributed by atoms with Crippen molar-refractivity contribution in [3.63, 3.8) is 0 Å². The maximum absolute atomic E-state index is 5.94. The van der Waals surface area contributed by atoms with Crippen LogP contribution in [0, 0.1) is 0 Å². The van der Waals surface area contributed by atoms with E-state index in [2.05, 4.69) is 12.2 Å². The van der Waals surface area contributed by atoms with E-state index in [9.17, 15) is 0 Å². The summed E-state index contributed by atoms with van der Waals surface area (Å²) in [6, 6.07) is 13.6. The second kappa shape index (κ2) is 5.45. The third kappa shape index (κ3) is 3.40. The lowest BCUT2D eigenvalue weighted by Crippen LogP contribution is -2.27. The first-order valence-electron chi connectivity index (χ1n) is 6.91. The standard InChI is InChI=1S/C18H17ClO2/c1-18(2)10-9-14-5-8-16(11-17(14)21-18)20-12-13-3-6-15(19)7-4-13/h3-11H,12H2,1-2H3. The first-order chi connectivity index (χ1) is 10.0. The molecular formula is C18H17ClO2. The van der Waals surface area contributed by atoms with Crippen LogP contribution in [0.15, 0.2) is 48.5 Å². The van der Waals surface area contributed by atoms with Crippen molar-refractivity contribution in [1.82, 2.24) is 0 Å². The molecule has 1 aliphatic rings. The van der Waals surface area contributed by atoms with Gasteiger partial charge in [-0.2, -0.15) is 0 Å². The molecule has 0 aliphatic carbocycles. The molecule has 0 amide bonds. The van der Waals surface area contributed by atoms with Gasteiger partial charge in [-0.3, -0.25) is 0 Å². The van der Waals surface area contributed by atoms with Gasteiger partial charge >= 0.3 is 0 Å². The van der Waals surface area contributed by atoms with E-state index in [0.29, 0.717) is 6.61 Å². The van der Waals surface area contributed by atoms with Crippen LogP contribution in [-0.2, 0) is 6.61 Å². The molecule has 0 saturated heterocycles. The van der Waals surface area contributed by atoms with E-state index in [4.69, 9.17) is 21.1 Å². The third-order valence-electron chi connectivity index (χ3n) is 3.34. The van der Waals surface area contributed by atoms with Crippen LogP contribution in [0.3, 0.4) is 0 Å². The summed E-state index contributed by atoms with van der Waals surface area (Å²) < 4.78 is 11.8. The van der Waals surface area contributed by atoms with E-state index in [1.165, 1.54) is 0 Å². The van der Waals surface area contributed by atoms with Crippen LogP contribution in [0.25, 0.3) is 6.08 Å². The monoisotopic (exact) mass is 300 g/mol. The lowest BCUT2D eigenvalue weighted by atomic mass is 10.0. The number of rotatable bonds is 3. The molecule has 3 heteroatoms. The SMILES string of the molecule is CC1(C)C=Cc2ccc(OCc3ccc(Cl)cc3)cc2O1. The molecule has 2 aromatic carbocycles. The minimum Gasteiger partial charge on any atom is -0.489 e. The van der Waals surface area contributed by atoms with Crippen molar-refractivity contribution in [2.24, 2.45) is 0 Å². The Hall–Kier alpha value is -1.93. The van der Waals surface area contributed by atoms with E-state index in [1.807, 2.05) is 56.3 Å². The van der Waals surface area contributed by atoms with Crippen molar-refractivity contribution in [1.29, 1.82) is 0 Å². The summed E-state index contributed by atoms with van der Waals surface area (Å²) in [7, 11) is 0. The van der Waals surface area contributed by atoms with Crippen molar-refractivity contribution >= 4 is 17.7 Å². The molecule has 0 fully saturated rings. The summed E-state index contributed by atoms with van der Waals surface area (Å²) in [6.07, 6.45) is 4.14. The fourth-order valence-electron chi connectivity index (χ4n) is 2.19. The zero-order valence-electron chi connectivity index (χ0n) is 12.1. The van der Waals surface area contributed by atoms with Gasteiger partial charge in [-0.15, -0.1) is 0 Å². The van der Waals surface area contributed by atoms with Gasteiger partial charge in [0.25, 0.3) is 0 Å². The van der Waals surface area contributed by atoms with Gasteiger partial charge in [0.2, 0.25) is 0 Å². The van der Waals surface area contributed by atoms with Crippen molar-refractivity contribution in [2.45, 2.75) is 26.1 Å². The number of fused-ring (bicyclic) bond motifs is 1. The van der Waals surface area contributed by atoms with Crippen LogP contribution >= 0.6 is 11.6 Å². The van der Waals surface area contributed by atoms with Gasteiger partial charge in [-0.1, -0.05) is 29.8 Å². The highest BCUT2D eigenvalue weighted by Gasteiger charge is 2.21. The Balaban J connectivity index is 1.73. The van der Waals surface area contributed by atoms with E-state index < -0.39 is 0 Å². The molecule has 0 aromatic heterocycles. The molecule has 0 radical (unpaired) electrons. The topological polar surface area (TPSA) is 18.5 Å². The second-order valence-electron chi connectivity index (χ2n) is 5.65. The summed E-state index contributed by atoms with van der Waals surface area (Å²) in [4.78, 5) is 0. The van der Waals surface area contributed by atoms with Crippen molar-refractivity contribution in [3.8, 4) is 11.5 Å². The van der Waals surface area contributed by atoms with Gasteiger partial charge in [0, 0.05) is 16.7 Å². The summed E-state index contributed by atoms with van der Waals surface area (Å²) in [5.74, 6) is 1.66. The van der Waals surface area contributed by atoms with Gasteiger partial charge in [0.15, 0.2) is 0 Å². The van der Waals surface area contributed by atoms with Crippen LogP contribution in [0.1, 0.15) is 25.0 Å². The summed E-state index contributed by atoms with van der Waals surface area (Å²) in [5.41, 5.74) is 1.88. The predicted octanol–water partition coefficient (Wildman–Crippen LogP) is 5.10. The number of benzene rings is 2. The molecule has 1 heterocycles. The van der Waals surface area contributed by atoms with Crippen LogP contribution in [0.2, 0.25) is 5.02 Å². The first-order valence-corrected chi connectivity index (χ1v) is 7.29. The molecule has 0 unspecified atom stereocenters. The highest BCUT2D eigenvalue weighted by atomic mass is 35.5. The Labute approximate surface area is 130 Å². The predicted molar refractivity (Wildman–Crippen MR) is 86.0 cm³/mol. The Kier molecular flexibility index (Phi) is 3.64. The first kappa shape index (κ1) is 14.0. The average molecular weight is 301 g/mol. The van der Waals surface area contributed by atoms with Crippen LogP contribution < -0.4 is 9.47 Å². The minimum absolute atomic E-state index is 0.276. The van der Waals surface area contributed by atoms with Gasteiger partial charge < -0.3 is 9.47 Å². The molecule has 1 aliphatic heterocycles.